The predicted molar refractivity (Wildman–Crippen MR) is 67.3 cm³/mol. The molecule has 1 aliphatic rings. The van der Waals surface area contributed by atoms with Crippen LogP contribution < -0.4 is 5.32 Å². The molecular formula is C12H13NO3S. The lowest BCUT2D eigenvalue weighted by atomic mass is 10.0. The maximum atomic E-state index is 11.9. The summed E-state index contributed by atoms with van der Waals surface area (Å²) in [4.78, 5) is 23.3. The Balaban J connectivity index is 2.48. The molecule has 0 saturated heterocycles. The van der Waals surface area contributed by atoms with Crippen molar-refractivity contribution in [3.63, 3.8) is 0 Å². The Bertz CT molecular complexity index is 501. The molecule has 1 heterocycles. The molecule has 1 aliphatic heterocycles. The van der Waals surface area contributed by atoms with Crippen LogP contribution in [0.5, 0.6) is 0 Å². The Morgan fingerprint density at radius 1 is 1.47 bits per heavy atom. The fraction of sp³-hybridized carbons (Fsp3) is 0.333. The van der Waals surface area contributed by atoms with Gasteiger partial charge >= 0.3 is 5.97 Å². The van der Waals surface area contributed by atoms with Gasteiger partial charge in [-0.25, -0.2) is 4.79 Å². The van der Waals surface area contributed by atoms with Crippen molar-refractivity contribution in [2.45, 2.75) is 11.7 Å². The number of carbonyl (C=O) groups excluding carboxylic acids is 2. The summed E-state index contributed by atoms with van der Waals surface area (Å²) in [6.45, 7) is 1.87. The number of carbonyl (C=O) groups is 2. The second kappa shape index (κ2) is 4.07. The van der Waals surface area contributed by atoms with E-state index in [4.69, 9.17) is 0 Å². The van der Waals surface area contributed by atoms with Crippen molar-refractivity contribution >= 4 is 29.3 Å². The third-order valence-corrected chi connectivity index (χ3v) is 4.27. The smallest absolute Gasteiger partial charge is 0.337 e. The molecule has 0 radical (unpaired) electrons. The van der Waals surface area contributed by atoms with E-state index in [1.165, 1.54) is 18.9 Å². The zero-order valence-corrected chi connectivity index (χ0v) is 10.7. The van der Waals surface area contributed by atoms with Crippen LogP contribution in [-0.2, 0) is 14.3 Å². The van der Waals surface area contributed by atoms with E-state index in [-0.39, 0.29) is 5.91 Å². The van der Waals surface area contributed by atoms with Crippen LogP contribution in [0.25, 0.3) is 0 Å². The van der Waals surface area contributed by atoms with Gasteiger partial charge in [0.2, 0.25) is 5.91 Å². The molecule has 90 valence electrons. The van der Waals surface area contributed by atoms with Gasteiger partial charge in [-0.3, -0.25) is 4.79 Å². The Kier molecular flexibility index (Phi) is 2.87. The second-order valence-electron chi connectivity index (χ2n) is 3.94. The minimum Gasteiger partial charge on any atom is -0.465 e. The fourth-order valence-electron chi connectivity index (χ4n) is 1.88. The van der Waals surface area contributed by atoms with Crippen LogP contribution in [0.2, 0.25) is 0 Å². The Morgan fingerprint density at radius 3 is 2.76 bits per heavy atom. The molecule has 1 aromatic carbocycles. The Labute approximate surface area is 104 Å². The standard InChI is InChI=1S/C12H13NO3S/c1-12(17-3)8-5-4-7(10(14)16-2)6-9(8)13-11(12)15/h4-6H,1-3H3,(H,13,15). The molecule has 0 aromatic heterocycles. The lowest BCUT2D eigenvalue weighted by molar-refractivity contribution is -0.117. The van der Waals surface area contributed by atoms with Gasteiger partial charge in [-0.15, -0.1) is 11.8 Å². The van der Waals surface area contributed by atoms with Gasteiger partial charge < -0.3 is 10.1 Å². The largest absolute Gasteiger partial charge is 0.465 e. The van der Waals surface area contributed by atoms with Gasteiger partial charge in [0.25, 0.3) is 0 Å². The first-order valence-corrected chi connectivity index (χ1v) is 6.35. The number of hydrogen-bond donors (Lipinski definition) is 1. The number of anilines is 1. The average Bonchev–Trinajstić information content (AvgIpc) is 2.60. The number of fused-ring (bicyclic) bond motifs is 1. The summed E-state index contributed by atoms with van der Waals surface area (Å²) < 4.78 is 4.06. The fourth-order valence-corrected chi connectivity index (χ4v) is 2.51. The molecule has 1 amide bonds. The first kappa shape index (κ1) is 12.0. The molecule has 1 N–H and O–H groups in total. The van der Waals surface area contributed by atoms with Crippen molar-refractivity contribution in [2.75, 3.05) is 18.7 Å². The second-order valence-corrected chi connectivity index (χ2v) is 5.17. The number of ether oxygens (including phenoxy) is 1. The third kappa shape index (κ3) is 1.70. The minimum atomic E-state index is -0.579. The predicted octanol–water partition coefficient (Wildman–Crippen LogP) is 2.00. The van der Waals surface area contributed by atoms with E-state index in [1.807, 2.05) is 13.2 Å². The van der Waals surface area contributed by atoms with Crippen LogP contribution in [-0.4, -0.2) is 25.2 Å². The van der Waals surface area contributed by atoms with Crippen LogP contribution in [0.3, 0.4) is 0 Å². The molecule has 4 nitrogen and oxygen atoms in total. The highest BCUT2D eigenvalue weighted by Crippen LogP contribution is 2.44. The van der Waals surface area contributed by atoms with E-state index < -0.39 is 10.7 Å². The van der Waals surface area contributed by atoms with Crippen molar-refractivity contribution in [3.05, 3.63) is 29.3 Å². The van der Waals surface area contributed by atoms with E-state index in [0.29, 0.717) is 11.3 Å². The Morgan fingerprint density at radius 2 is 2.18 bits per heavy atom. The summed E-state index contributed by atoms with van der Waals surface area (Å²) in [6, 6.07) is 5.13. The van der Waals surface area contributed by atoms with Crippen LogP contribution >= 0.6 is 11.8 Å². The molecule has 1 unspecified atom stereocenters. The first-order valence-electron chi connectivity index (χ1n) is 5.12. The summed E-state index contributed by atoms with van der Waals surface area (Å²) in [5.41, 5.74) is 2.04. The lowest BCUT2D eigenvalue weighted by Gasteiger charge is -2.18. The number of amides is 1. The summed E-state index contributed by atoms with van der Waals surface area (Å²) >= 11 is 1.48. The average molecular weight is 251 g/mol. The SMILES string of the molecule is COC(=O)c1ccc2c(c1)NC(=O)C2(C)SC. The van der Waals surface area contributed by atoms with E-state index >= 15 is 0 Å². The van der Waals surface area contributed by atoms with Crippen molar-refractivity contribution in [3.8, 4) is 0 Å². The normalized spacial score (nSPS) is 21.9. The van der Waals surface area contributed by atoms with Crippen molar-refractivity contribution < 1.29 is 14.3 Å². The molecule has 0 spiro atoms. The number of esters is 1. The van der Waals surface area contributed by atoms with Gasteiger partial charge in [-0.1, -0.05) is 6.07 Å². The molecule has 0 saturated carbocycles. The molecule has 2 rings (SSSR count). The van der Waals surface area contributed by atoms with E-state index in [0.717, 1.165) is 5.56 Å². The van der Waals surface area contributed by atoms with Crippen LogP contribution in [0, 0.1) is 0 Å². The van der Waals surface area contributed by atoms with Crippen LogP contribution in [0.1, 0.15) is 22.8 Å². The van der Waals surface area contributed by atoms with E-state index in [2.05, 4.69) is 10.1 Å². The number of hydrogen-bond acceptors (Lipinski definition) is 4. The molecule has 0 bridgehead atoms. The number of rotatable bonds is 2. The van der Waals surface area contributed by atoms with E-state index in [9.17, 15) is 9.59 Å². The van der Waals surface area contributed by atoms with Crippen molar-refractivity contribution in [1.82, 2.24) is 0 Å². The molecule has 5 heteroatoms. The zero-order valence-electron chi connectivity index (χ0n) is 9.87. The zero-order chi connectivity index (χ0) is 12.6. The lowest BCUT2D eigenvalue weighted by Crippen LogP contribution is -2.26. The monoisotopic (exact) mass is 251 g/mol. The highest BCUT2D eigenvalue weighted by Gasteiger charge is 2.42. The first-order chi connectivity index (χ1) is 8.02. The van der Waals surface area contributed by atoms with E-state index in [1.54, 1.807) is 18.2 Å². The van der Waals surface area contributed by atoms with Gasteiger partial charge in [0.05, 0.1) is 12.7 Å². The van der Waals surface area contributed by atoms with Crippen LogP contribution in [0.4, 0.5) is 5.69 Å². The highest BCUT2D eigenvalue weighted by atomic mass is 32.2. The summed E-state index contributed by atoms with van der Waals surface area (Å²) in [5.74, 6) is -0.457. The third-order valence-electron chi connectivity index (χ3n) is 3.04. The summed E-state index contributed by atoms with van der Waals surface area (Å²) in [7, 11) is 1.33. The molecule has 17 heavy (non-hydrogen) atoms. The maximum absolute atomic E-state index is 11.9. The molecule has 0 fully saturated rings. The summed E-state index contributed by atoms with van der Waals surface area (Å²) in [6.07, 6.45) is 1.89. The Hall–Kier alpha value is -1.49. The molecular weight excluding hydrogens is 238 g/mol. The number of benzene rings is 1. The number of thioether (sulfide) groups is 1. The number of methoxy groups -OCH3 is 1. The van der Waals surface area contributed by atoms with Gasteiger partial charge in [0.15, 0.2) is 0 Å². The van der Waals surface area contributed by atoms with Gasteiger partial charge in [0, 0.05) is 11.3 Å². The molecule has 0 aliphatic carbocycles. The number of nitrogens with one attached hydrogen (secondary N) is 1. The van der Waals surface area contributed by atoms with Crippen molar-refractivity contribution in [1.29, 1.82) is 0 Å². The van der Waals surface area contributed by atoms with Gasteiger partial charge in [0.1, 0.15) is 4.75 Å². The van der Waals surface area contributed by atoms with Crippen LogP contribution in [0.15, 0.2) is 18.2 Å². The highest BCUT2D eigenvalue weighted by molar-refractivity contribution is 8.00. The quantitative estimate of drug-likeness (QED) is 0.817. The molecule has 1 aromatic rings. The maximum Gasteiger partial charge on any atom is 0.337 e. The topological polar surface area (TPSA) is 55.4 Å². The minimum absolute atomic E-state index is 0.0537. The van der Waals surface area contributed by atoms with Gasteiger partial charge in [-0.2, -0.15) is 0 Å². The summed E-state index contributed by atoms with van der Waals surface area (Å²) in [5, 5.41) is 2.79. The van der Waals surface area contributed by atoms with Crippen molar-refractivity contribution in [2.24, 2.45) is 0 Å². The van der Waals surface area contributed by atoms with Gasteiger partial charge in [-0.05, 0) is 25.3 Å². The molecule has 1 atom stereocenters.